The summed E-state index contributed by atoms with van der Waals surface area (Å²) in [5.74, 6) is -0.523. The third-order valence-corrected chi connectivity index (χ3v) is 4.74. The molecule has 1 amide bonds. The summed E-state index contributed by atoms with van der Waals surface area (Å²) in [5.41, 5.74) is 9.30. The molecule has 5 nitrogen and oxygen atoms in total. The molecule has 2 aromatic carbocycles. The van der Waals surface area contributed by atoms with Crippen LogP contribution in [0.15, 0.2) is 53.6 Å². The van der Waals surface area contributed by atoms with Crippen molar-refractivity contribution in [1.29, 1.82) is 0 Å². The molecule has 0 aliphatic carbocycles. The number of nitrogens with one attached hydrogen (secondary N) is 1. The Morgan fingerprint density at radius 1 is 1.04 bits per heavy atom. The first-order valence-electron chi connectivity index (χ1n) is 8.76. The van der Waals surface area contributed by atoms with Crippen LogP contribution >= 0.6 is 0 Å². The number of nitrogens with zero attached hydrogens (tertiary/aromatic N) is 2. The van der Waals surface area contributed by atoms with Crippen LogP contribution in [0.2, 0.25) is 0 Å². The first kappa shape index (κ1) is 18.5. The van der Waals surface area contributed by atoms with E-state index in [0.717, 1.165) is 22.6 Å². The maximum Gasteiger partial charge on any atom is 0.275 e. The van der Waals surface area contributed by atoms with E-state index in [-0.39, 0.29) is 11.3 Å². The van der Waals surface area contributed by atoms with Crippen molar-refractivity contribution in [2.75, 3.05) is 0 Å². The lowest BCUT2D eigenvalue weighted by Gasteiger charge is -2.11. The van der Waals surface area contributed by atoms with Crippen molar-refractivity contribution in [3.63, 3.8) is 0 Å². The third-order valence-electron chi connectivity index (χ3n) is 4.74. The van der Waals surface area contributed by atoms with Crippen molar-refractivity contribution < 1.29 is 9.90 Å². The van der Waals surface area contributed by atoms with Gasteiger partial charge in [-0.25, -0.2) is 5.43 Å². The van der Waals surface area contributed by atoms with E-state index in [1.54, 1.807) is 24.4 Å². The lowest BCUT2D eigenvalue weighted by molar-refractivity contribution is 0.0952. The van der Waals surface area contributed by atoms with E-state index in [0.29, 0.717) is 0 Å². The highest BCUT2D eigenvalue weighted by Crippen LogP contribution is 2.22. The number of hydrogen-bond donors (Lipinski definition) is 2. The van der Waals surface area contributed by atoms with Crippen LogP contribution < -0.4 is 5.43 Å². The molecule has 0 spiro atoms. The van der Waals surface area contributed by atoms with Crippen molar-refractivity contribution in [3.05, 3.63) is 82.2 Å². The highest BCUT2D eigenvalue weighted by atomic mass is 16.3. The molecule has 0 radical (unpaired) electrons. The van der Waals surface area contributed by atoms with Crippen LogP contribution in [0.25, 0.3) is 5.69 Å². The van der Waals surface area contributed by atoms with Gasteiger partial charge in [0.25, 0.3) is 5.91 Å². The van der Waals surface area contributed by atoms with E-state index in [1.807, 2.05) is 19.9 Å². The quantitative estimate of drug-likeness (QED) is 0.541. The molecule has 5 heteroatoms. The number of phenols is 1. The van der Waals surface area contributed by atoms with Crippen molar-refractivity contribution in [3.8, 4) is 11.4 Å². The second-order valence-electron chi connectivity index (χ2n) is 6.65. The molecule has 1 aromatic heterocycles. The summed E-state index contributed by atoms with van der Waals surface area (Å²) in [6.07, 6.45) is 1.62. The molecule has 1 heterocycles. The van der Waals surface area contributed by atoms with Crippen molar-refractivity contribution >= 4 is 12.1 Å². The zero-order valence-electron chi connectivity index (χ0n) is 15.9. The van der Waals surface area contributed by atoms with Gasteiger partial charge in [-0.1, -0.05) is 18.2 Å². The van der Waals surface area contributed by atoms with Crippen LogP contribution in [0.5, 0.6) is 5.75 Å². The summed E-state index contributed by atoms with van der Waals surface area (Å²) < 4.78 is 2.17. The second kappa shape index (κ2) is 7.50. The van der Waals surface area contributed by atoms with E-state index in [9.17, 15) is 9.90 Å². The number of amides is 1. The summed E-state index contributed by atoms with van der Waals surface area (Å²) in [4.78, 5) is 12.1. The first-order valence-corrected chi connectivity index (χ1v) is 8.76. The number of aryl methyl sites for hydroxylation is 3. The van der Waals surface area contributed by atoms with Gasteiger partial charge in [0.15, 0.2) is 0 Å². The average molecular weight is 361 g/mol. The lowest BCUT2D eigenvalue weighted by atomic mass is 10.1. The molecule has 0 unspecified atom stereocenters. The molecular formula is C22H23N3O2. The smallest absolute Gasteiger partial charge is 0.275 e. The van der Waals surface area contributed by atoms with Gasteiger partial charge in [0.05, 0.1) is 11.8 Å². The Morgan fingerprint density at radius 3 is 2.48 bits per heavy atom. The molecule has 3 rings (SSSR count). The molecular weight excluding hydrogens is 338 g/mol. The number of benzene rings is 2. The largest absolute Gasteiger partial charge is 0.507 e. The van der Waals surface area contributed by atoms with E-state index in [4.69, 9.17) is 0 Å². The van der Waals surface area contributed by atoms with E-state index < -0.39 is 5.91 Å². The lowest BCUT2D eigenvalue weighted by Crippen LogP contribution is -2.17. The number of hydrogen-bond acceptors (Lipinski definition) is 3. The summed E-state index contributed by atoms with van der Waals surface area (Å²) >= 11 is 0. The van der Waals surface area contributed by atoms with Gasteiger partial charge in [-0.05, 0) is 69.2 Å². The Labute approximate surface area is 159 Å². The fourth-order valence-corrected chi connectivity index (χ4v) is 3.07. The molecule has 2 N–H and O–H groups in total. The van der Waals surface area contributed by atoms with Crippen LogP contribution in [0.4, 0.5) is 0 Å². The number of phenolic OH excluding ortho intramolecular Hbond substituents is 1. The normalized spacial score (nSPS) is 11.1. The number of hydrazone groups is 1. The maximum absolute atomic E-state index is 12.1. The van der Waals surface area contributed by atoms with Gasteiger partial charge in [0.1, 0.15) is 5.75 Å². The molecule has 0 fully saturated rings. The van der Waals surface area contributed by atoms with Gasteiger partial charge in [0, 0.05) is 22.6 Å². The van der Waals surface area contributed by atoms with Crippen molar-refractivity contribution in [2.45, 2.75) is 27.7 Å². The molecule has 3 aromatic rings. The highest BCUT2D eigenvalue weighted by molar-refractivity contribution is 5.97. The maximum atomic E-state index is 12.1. The summed E-state index contributed by atoms with van der Waals surface area (Å²) in [5, 5.41) is 13.8. The molecule has 0 aliphatic heterocycles. The number of carbonyl (C=O) groups is 1. The molecule has 0 bridgehead atoms. The van der Waals surface area contributed by atoms with Gasteiger partial charge >= 0.3 is 0 Å². The van der Waals surface area contributed by atoms with Crippen LogP contribution in [-0.4, -0.2) is 21.8 Å². The Hall–Kier alpha value is -3.34. The van der Waals surface area contributed by atoms with Crippen LogP contribution in [0.3, 0.4) is 0 Å². The topological polar surface area (TPSA) is 66.6 Å². The van der Waals surface area contributed by atoms with Gasteiger partial charge in [-0.15, -0.1) is 0 Å². The van der Waals surface area contributed by atoms with Gasteiger partial charge in [0.2, 0.25) is 0 Å². The molecule has 138 valence electrons. The Balaban J connectivity index is 1.82. The number of aromatic nitrogens is 1. The first-order chi connectivity index (χ1) is 12.9. The summed E-state index contributed by atoms with van der Waals surface area (Å²) in [7, 11) is 0. The van der Waals surface area contributed by atoms with Gasteiger partial charge in [-0.3, -0.25) is 4.79 Å². The Kier molecular flexibility index (Phi) is 5.12. The minimum Gasteiger partial charge on any atom is -0.507 e. The van der Waals surface area contributed by atoms with Crippen LogP contribution in [-0.2, 0) is 0 Å². The van der Waals surface area contributed by atoms with Crippen LogP contribution in [0.1, 0.15) is 38.4 Å². The summed E-state index contributed by atoms with van der Waals surface area (Å²) in [6.45, 7) is 8.26. The van der Waals surface area contributed by atoms with Crippen LogP contribution in [0, 0.1) is 27.7 Å². The Morgan fingerprint density at radius 2 is 1.78 bits per heavy atom. The molecule has 0 saturated heterocycles. The molecule has 0 aliphatic rings. The minimum absolute atomic E-state index is 0.0712. The average Bonchev–Trinajstić information content (AvgIpc) is 2.91. The van der Waals surface area contributed by atoms with E-state index >= 15 is 0 Å². The zero-order chi connectivity index (χ0) is 19.6. The van der Waals surface area contributed by atoms with Gasteiger partial charge < -0.3 is 9.67 Å². The fourth-order valence-electron chi connectivity index (χ4n) is 3.07. The third kappa shape index (κ3) is 3.77. The predicted octanol–water partition coefficient (Wildman–Crippen LogP) is 4.18. The summed E-state index contributed by atoms with van der Waals surface area (Å²) in [6, 6.07) is 14.8. The SMILES string of the molecule is Cc1ccc(-n2c(C)cc(/C=N\NC(=O)c3ccccc3O)c2C)cc1C. The van der Waals surface area contributed by atoms with Gasteiger partial charge in [-0.2, -0.15) is 5.10 Å². The number of para-hydroxylation sites is 1. The van der Waals surface area contributed by atoms with E-state index in [2.05, 4.69) is 47.1 Å². The van der Waals surface area contributed by atoms with Crippen molar-refractivity contribution in [1.82, 2.24) is 9.99 Å². The van der Waals surface area contributed by atoms with Crippen molar-refractivity contribution in [2.24, 2.45) is 5.10 Å². The molecule has 27 heavy (non-hydrogen) atoms. The molecule has 0 atom stereocenters. The second-order valence-corrected chi connectivity index (χ2v) is 6.65. The van der Waals surface area contributed by atoms with E-state index in [1.165, 1.54) is 17.2 Å². The zero-order valence-corrected chi connectivity index (χ0v) is 15.9. The highest BCUT2D eigenvalue weighted by Gasteiger charge is 2.11. The monoisotopic (exact) mass is 361 g/mol. The predicted molar refractivity (Wildman–Crippen MR) is 108 cm³/mol. The standard InChI is InChI=1S/C22H23N3O2/c1-14-9-10-19(11-15(14)2)25-16(3)12-18(17(25)4)13-23-24-22(27)20-7-5-6-8-21(20)26/h5-13,26H,1-4H3,(H,24,27)/b23-13-. The number of rotatable bonds is 4. The fraction of sp³-hybridized carbons (Fsp3) is 0.182. The minimum atomic E-state index is -0.452. The number of carbonyl (C=O) groups excluding carboxylic acids is 1. The Bertz CT molecular complexity index is 1030. The molecule has 0 saturated carbocycles. The number of aromatic hydroxyl groups is 1.